The van der Waals surface area contributed by atoms with Crippen LogP contribution in [0, 0.1) is 5.92 Å². The first-order chi connectivity index (χ1) is 13.2. The molecule has 6 nitrogen and oxygen atoms in total. The van der Waals surface area contributed by atoms with E-state index >= 15 is 0 Å². The molecule has 1 fully saturated rings. The standard InChI is InChI=1S/C19H22ClN5OS/c20-13-1-2-16(25-5-3-12(8-21)4-6-25)15(7-13)24-19(26)14-10-27-17-9-22-11-23-18(14)17/h1,7,9-12,16H,2-6,8,21H2,(H,24,26). The molecule has 1 amide bonds. The fraction of sp³-hybridized carbons (Fsp3) is 0.421. The van der Waals surface area contributed by atoms with Crippen LogP contribution < -0.4 is 11.1 Å². The lowest BCUT2D eigenvalue weighted by Crippen LogP contribution is -2.47. The number of thiophene rings is 1. The molecule has 3 heterocycles. The van der Waals surface area contributed by atoms with Gasteiger partial charge in [0.25, 0.3) is 5.91 Å². The molecule has 1 saturated heterocycles. The summed E-state index contributed by atoms with van der Waals surface area (Å²) in [5, 5.41) is 5.59. The number of halogens is 1. The van der Waals surface area contributed by atoms with E-state index in [1.165, 1.54) is 17.7 Å². The Morgan fingerprint density at radius 2 is 2.22 bits per heavy atom. The minimum absolute atomic E-state index is 0.134. The minimum Gasteiger partial charge on any atom is -0.330 e. The molecule has 1 aliphatic heterocycles. The van der Waals surface area contributed by atoms with Gasteiger partial charge in [0.05, 0.1) is 21.8 Å². The first-order valence-corrected chi connectivity index (χ1v) is 10.4. The Labute approximate surface area is 167 Å². The molecule has 0 spiro atoms. The average Bonchev–Trinajstić information content (AvgIpc) is 3.13. The molecular weight excluding hydrogens is 382 g/mol. The van der Waals surface area contributed by atoms with E-state index in [1.807, 2.05) is 17.5 Å². The fourth-order valence-corrected chi connectivity index (χ4v) is 4.83. The van der Waals surface area contributed by atoms with Crippen LogP contribution in [0.2, 0.25) is 0 Å². The van der Waals surface area contributed by atoms with Gasteiger partial charge in [0.2, 0.25) is 0 Å². The van der Waals surface area contributed by atoms with Crippen molar-refractivity contribution in [2.45, 2.75) is 25.3 Å². The number of rotatable bonds is 4. The van der Waals surface area contributed by atoms with E-state index in [9.17, 15) is 4.79 Å². The van der Waals surface area contributed by atoms with Crippen molar-refractivity contribution in [2.24, 2.45) is 11.7 Å². The van der Waals surface area contributed by atoms with Gasteiger partial charge < -0.3 is 11.1 Å². The summed E-state index contributed by atoms with van der Waals surface area (Å²) in [5.41, 5.74) is 7.93. The highest BCUT2D eigenvalue weighted by Gasteiger charge is 2.29. The van der Waals surface area contributed by atoms with Crippen LogP contribution in [0.25, 0.3) is 10.2 Å². The van der Waals surface area contributed by atoms with E-state index in [1.54, 1.807) is 6.20 Å². The van der Waals surface area contributed by atoms with E-state index in [2.05, 4.69) is 20.2 Å². The third-order valence-corrected chi connectivity index (χ3v) is 6.52. The number of likely N-dealkylation sites (tertiary alicyclic amines) is 1. The van der Waals surface area contributed by atoms with Gasteiger partial charge in [-0.3, -0.25) is 9.69 Å². The summed E-state index contributed by atoms with van der Waals surface area (Å²) in [6.45, 7) is 2.72. The van der Waals surface area contributed by atoms with Crippen LogP contribution in [0.4, 0.5) is 0 Å². The number of piperidine rings is 1. The van der Waals surface area contributed by atoms with E-state index < -0.39 is 0 Å². The lowest BCUT2D eigenvalue weighted by atomic mass is 9.93. The van der Waals surface area contributed by atoms with Crippen molar-refractivity contribution in [1.82, 2.24) is 20.2 Å². The third-order valence-electron chi connectivity index (χ3n) is 5.35. The summed E-state index contributed by atoms with van der Waals surface area (Å²) >= 11 is 7.72. The summed E-state index contributed by atoms with van der Waals surface area (Å²) < 4.78 is 0.901. The molecule has 0 saturated carbocycles. The maximum absolute atomic E-state index is 12.9. The molecule has 27 heavy (non-hydrogen) atoms. The van der Waals surface area contributed by atoms with Gasteiger partial charge in [0.15, 0.2) is 0 Å². The first kappa shape index (κ1) is 18.6. The lowest BCUT2D eigenvalue weighted by Gasteiger charge is -2.39. The van der Waals surface area contributed by atoms with E-state index in [-0.39, 0.29) is 11.9 Å². The summed E-state index contributed by atoms with van der Waals surface area (Å²) in [6, 6.07) is 0.134. The Hall–Kier alpha value is -1.80. The van der Waals surface area contributed by atoms with Gasteiger partial charge in [-0.1, -0.05) is 17.7 Å². The van der Waals surface area contributed by atoms with Gasteiger partial charge in [0.1, 0.15) is 6.33 Å². The highest BCUT2D eigenvalue weighted by Crippen LogP contribution is 2.28. The Kier molecular flexibility index (Phi) is 5.54. The molecule has 0 aromatic carbocycles. The molecule has 3 N–H and O–H groups in total. The molecule has 1 atom stereocenters. The second kappa shape index (κ2) is 8.06. The molecule has 1 aliphatic carbocycles. The van der Waals surface area contributed by atoms with Crippen molar-refractivity contribution in [1.29, 1.82) is 0 Å². The van der Waals surface area contributed by atoms with Crippen molar-refractivity contribution in [2.75, 3.05) is 19.6 Å². The van der Waals surface area contributed by atoms with Gasteiger partial charge in [-0.2, -0.15) is 0 Å². The summed E-state index contributed by atoms with van der Waals surface area (Å²) in [5.74, 6) is 0.447. The molecule has 2 aromatic heterocycles. The molecule has 0 radical (unpaired) electrons. The van der Waals surface area contributed by atoms with Crippen molar-refractivity contribution < 1.29 is 4.79 Å². The van der Waals surface area contributed by atoms with E-state index in [4.69, 9.17) is 17.3 Å². The van der Waals surface area contributed by atoms with Crippen molar-refractivity contribution in [3.05, 3.63) is 46.3 Å². The Morgan fingerprint density at radius 1 is 1.41 bits per heavy atom. The molecule has 8 heteroatoms. The molecular formula is C19H22ClN5OS. The number of fused-ring (bicyclic) bond motifs is 1. The average molecular weight is 404 g/mol. The van der Waals surface area contributed by atoms with Crippen LogP contribution in [0.1, 0.15) is 29.6 Å². The number of nitrogens with zero attached hydrogens (tertiary/aromatic N) is 3. The first-order valence-electron chi connectivity index (χ1n) is 9.15. The van der Waals surface area contributed by atoms with Gasteiger partial charge in [-0.05, 0) is 50.9 Å². The van der Waals surface area contributed by atoms with E-state index in [0.717, 1.165) is 49.3 Å². The number of aromatic nitrogens is 2. The molecule has 4 rings (SSSR count). The molecule has 1 unspecified atom stereocenters. The maximum Gasteiger partial charge on any atom is 0.258 e. The fourth-order valence-electron chi connectivity index (χ4n) is 3.76. The number of carbonyl (C=O) groups excluding carboxylic acids is 1. The molecule has 2 aromatic rings. The normalized spacial score (nSPS) is 21.8. The summed E-state index contributed by atoms with van der Waals surface area (Å²) in [6.07, 6.45) is 10.1. The molecule has 2 aliphatic rings. The van der Waals surface area contributed by atoms with Crippen molar-refractivity contribution >= 4 is 39.1 Å². The van der Waals surface area contributed by atoms with Crippen LogP contribution in [0.5, 0.6) is 0 Å². The predicted molar refractivity (Wildman–Crippen MR) is 109 cm³/mol. The number of nitrogens with one attached hydrogen (secondary N) is 1. The predicted octanol–water partition coefficient (Wildman–Crippen LogP) is 2.87. The van der Waals surface area contributed by atoms with Gasteiger partial charge in [-0.25, -0.2) is 9.97 Å². The zero-order valence-electron chi connectivity index (χ0n) is 14.9. The maximum atomic E-state index is 12.9. The third kappa shape index (κ3) is 3.91. The minimum atomic E-state index is -0.153. The zero-order valence-corrected chi connectivity index (χ0v) is 16.5. The largest absolute Gasteiger partial charge is 0.330 e. The van der Waals surface area contributed by atoms with Crippen LogP contribution in [0.3, 0.4) is 0 Å². The summed E-state index contributed by atoms with van der Waals surface area (Å²) in [7, 11) is 0. The van der Waals surface area contributed by atoms with Gasteiger partial charge in [-0.15, -0.1) is 11.3 Å². The number of hydrogen-bond acceptors (Lipinski definition) is 6. The monoisotopic (exact) mass is 403 g/mol. The number of amides is 1. The Bertz CT molecular complexity index is 900. The quantitative estimate of drug-likeness (QED) is 0.819. The van der Waals surface area contributed by atoms with Crippen LogP contribution in [-0.4, -0.2) is 46.5 Å². The topological polar surface area (TPSA) is 84.1 Å². The molecule has 142 valence electrons. The van der Waals surface area contributed by atoms with Crippen LogP contribution >= 0.6 is 22.9 Å². The Morgan fingerprint density at radius 3 is 3.00 bits per heavy atom. The van der Waals surface area contributed by atoms with Crippen molar-refractivity contribution in [3.8, 4) is 0 Å². The molecule has 0 bridgehead atoms. The number of allylic oxidation sites excluding steroid dienone is 2. The highest BCUT2D eigenvalue weighted by atomic mass is 35.5. The number of carbonyl (C=O) groups is 1. The van der Waals surface area contributed by atoms with Crippen LogP contribution in [0.15, 0.2) is 40.8 Å². The van der Waals surface area contributed by atoms with E-state index in [0.29, 0.717) is 22.0 Å². The lowest BCUT2D eigenvalue weighted by molar-refractivity contribution is 0.0947. The second-order valence-electron chi connectivity index (χ2n) is 6.99. The van der Waals surface area contributed by atoms with Crippen molar-refractivity contribution in [3.63, 3.8) is 0 Å². The SMILES string of the molecule is NCC1CCN(C2CC=C(Cl)C=C2NC(=O)c2csc3cncnc23)CC1. The second-order valence-corrected chi connectivity index (χ2v) is 8.34. The van der Waals surface area contributed by atoms with Crippen LogP contribution in [-0.2, 0) is 0 Å². The number of hydrogen-bond donors (Lipinski definition) is 2. The highest BCUT2D eigenvalue weighted by molar-refractivity contribution is 7.17. The van der Waals surface area contributed by atoms with Gasteiger partial charge >= 0.3 is 0 Å². The Balaban J connectivity index is 1.53. The smallest absolute Gasteiger partial charge is 0.258 e. The zero-order chi connectivity index (χ0) is 18.8. The van der Waals surface area contributed by atoms with Gasteiger partial charge in [0, 0.05) is 22.3 Å². The number of nitrogens with two attached hydrogens (primary N) is 1. The summed E-state index contributed by atoms with van der Waals surface area (Å²) in [4.78, 5) is 23.6.